The minimum atomic E-state index is -1.57. The summed E-state index contributed by atoms with van der Waals surface area (Å²) in [5, 5.41) is 54.3. The molecule has 1 fully saturated rings. The number of rotatable bonds is 49. The summed E-state index contributed by atoms with van der Waals surface area (Å²) in [6, 6.07) is -0.825. The van der Waals surface area contributed by atoms with Crippen molar-refractivity contribution < 1.29 is 39.8 Å². The van der Waals surface area contributed by atoms with E-state index in [9.17, 15) is 30.3 Å². The standard InChI is InChI=1S/C58H109NO8/c1-3-5-7-9-11-13-15-17-19-20-21-22-23-24-25-26-27-28-29-30-31-32-33-34-36-38-40-42-44-46-48-54(62)59-51(50-66-58-57(65)56(64)55(63)53(49-60)67-58)52(61)47-45-43-41-39-37-35-18-16-14-12-10-8-6-4-2/h14,16,37,39,45,47,51-53,55-58,60-61,63-65H,3-13,15,17-36,38,40-44,46,48-50H2,1-2H3,(H,59,62)/b16-14+,39-37+,47-45+. The van der Waals surface area contributed by atoms with E-state index in [-0.39, 0.29) is 12.5 Å². The molecule has 0 spiro atoms. The van der Waals surface area contributed by atoms with Crippen molar-refractivity contribution in [3.63, 3.8) is 0 Å². The van der Waals surface area contributed by atoms with Crippen LogP contribution in [0.4, 0.5) is 0 Å². The molecule has 1 saturated heterocycles. The van der Waals surface area contributed by atoms with Crippen LogP contribution in [0, 0.1) is 0 Å². The number of hydrogen-bond donors (Lipinski definition) is 6. The second-order valence-corrected chi connectivity index (χ2v) is 20.1. The first kappa shape index (κ1) is 63.4. The van der Waals surface area contributed by atoms with Gasteiger partial charge in [-0.2, -0.15) is 0 Å². The number of aliphatic hydroxyl groups excluding tert-OH is 5. The average molecular weight is 949 g/mol. The van der Waals surface area contributed by atoms with Crippen LogP contribution in [-0.2, 0) is 14.3 Å². The van der Waals surface area contributed by atoms with E-state index in [1.54, 1.807) is 6.08 Å². The number of aliphatic hydroxyl groups is 5. The van der Waals surface area contributed by atoms with Crippen LogP contribution >= 0.6 is 0 Å². The van der Waals surface area contributed by atoms with Crippen LogP contribution in [0.2, 0.25) is 0 Å². The van der Waals surface area contributed by atoms with E-state index in [2.05, 4.69) is 43.5 Å². The number of carbonyl (C=O) groups is 1. The predicted molar refractivity (Wildman–Crippen MR) is 281 cm³/mol. The highest BCUT2D eigenvalue weighted by molar-refractivity contribution is 5.76. The second kappa shape index (κ2) is 48.1. The lowest BCUT2D eigenvalue weighted by Crippen LogP contribution is -2.60. The molecule has 0 aliphatic carbocycles. The molecule has 0 radical (unpaired) electrons. The van der Waals surface area contributed by atoms with Gasteiger partial charge in [-0.05, 0) is 44.9 Å². The van der Waals surface area contributed by atoms with Gasteiger partial charge in [0.2, 0.25) is 5.91 Å². The van der Waals surface area contributed by atoms with E-state index in [0.29, 0.717) is 6.42 Å². The first-order chi connectivity index (χ1) is 32.8. The molecule has 0 aromatic rings. The number of unbranched alkanes of at least 4 members (excludes halogenated alkanes) is 35. The van der Waals surface area contributed by atoms with E-state index in [4.69, 9.17) is 9.47 Å². The van der Waals surface area contributed by atoms with Crippen LogP contribution in [0.15, 0.2) is 36.5 Å². The summed E-state index contributed by atoms with van der Waals surface area (Å²) >= 11 is 0. The van der Waals surface area contributed by atoms with Gasteiger partial charge in [-0.25, -0.2) is 0 Å². The lowest BCUT2D eigenvalue weighted by atomic mass is 9.99. The monoisotopic (exact) mass is 948 g/mol. The van der Waals surface area contributed by atoms with Gasteiger partial charge in [0.05, 0.1) is 25.4 Å². The Labute approximate surface area is 412 Å². The lowest BCUT2D eigenvalue weighted by Gasteiger charge is -2.40. The smallest absolute Gasteiger partial charge is 0.220 e. The third-order valence-electron chi connectivity index (χ3n) is 13.7. The summed E-state index contributed by atoms with van der Waals surface area (Å²) in [7, 11) is 0. The molecule has 9 heteroatoms. The molecule has 0 aromatic carbocycles. The summed E-state index contributed by atoms with van der Waals surface area (Å²) in [5.74, 6) is -0.187. The van der Waals surface area contributed by atoms with Crippen molar-refractivity contribution in [3.8, 4) is 0 Å². The average Bonchev–Trinajstić information content (AvgIpc) is 3.33. The summed E-state index contributed by atoms with van der Waals surface area (Å²) < 4.78 is 11.2. The molecule has 7 unspecified atom stereocenters. The highest BCUT2D eigenvalue weighted by atomic mass is 16.7. The third-order valence-corrected chi connectivity index (χ3v) is 13.7. The van der Waals surface area contributed by atoms with Crippen LogP contribution < -0.4 is 5.32 Å². The van der Waals surface area contributed by atoms with Crippen molar-refractivity contribution in [2.24, 2.45) is 0 Å². The molecule has 0 aromatic heterocycles. The van der Waals surface area contributed by atoms with E-state index in [1.807, 2.05) is 6.08 Å². The van der Waals surface area contributed by atoms with Crippen LogP contribution in [0.25, 0.3) is 0 Å². The highest BCUT2D eigenvalue weighted by Gasteiger charge is 2.44. The van der Waals surface area contributed by atoms with Crippen LogP contribution in [0.1, 0.15) is 271 Å². The Bertz CT molecular complexity index is 1150. The molecule has 9 nitrogen and oxygen atoms in total. The van der Waals surface area contributed by atoms with Gasteiger partial charge >= 0.3 is 0 Å². The minimum Gasteiger partial charge on any atom is -0.394 e. The molecule has 1 rings (SSSR count). The Hall–Kier alpha value is -1.59. The van der Waals surface area contributed by atoms with Crippen molar-refractivity contribution in [1.82, 2.24) is 5.32 Å². The molecule has 1 aliphatic heterocycles. The number of amides is 1. The van der Waals surface area contributed by atoms with Gasteiger partial charge in [-0.15, -0.1) is 0 Å². The van der Waals surface area contributed by atoms with Gasteiger partial charge in [0, 0.05) is 6.42 Å². The second-order valence-electron chi connectivity index (χ2n) is 20.1. The van der Waals surface area contributed by atoms with E-state index in [1.165, 1.54) is 199 Å². The van der Waals surface area contributed by atoms with Crippen LogP contribution in [0.5, 0.6) is 0 Å². The molecular formula is C58H109NO8. The molecular weight excluding hydrogens is 839 g/mol. The number of hydrogen-bond acceptors (Lipinski definition) is 8. The summed E-state index contributed by atoms with van der Waals surface area (Å²) in [6.45, 7) is 3.75. The van der Waals surface area contributed by atoms with Gasteiger partial charge in [0.25, 0.3) is 0 Å². The van der Waals surface area contributed by atoms with Crippen molar-refractivity contribution in [1.29, 1.82) is 0 Å². The van der Waals surface area contributed by atoms with E-state index < -0.39 is 49.5 Å². The van der Waals surface area contributed by atoms with Crippen molar-refractivity contribution in [3.05, 3.63) is 36.5 Å². The molecule has 1 aliphatic rings. The molecule has 6 N–H and O–H groups in total. The van der Waals surface area contributed by atoms with Gasteiger partial charge in [0.15, 0.2) is 6.29 Å². The fourth-order valence-electron chi connectivity index (χ4n) is 9.13. The Kier molecular flexibility index (Phi) is 45.5. The maximum Gasteiger partial charge on any atom is 0.220 e. The molecule has 1 amide bonds. The Morgan fingerprint density at radius 2 is 0.851 bits per heavy atom. The van der Waals surface area contributed by atoms with E-state index >= 15 is 0 Å². The van der Waals surface area contributed by atoms with Crippen molar-refractivity contribution in [2.45, 2.75) is 314 Å². The zero-order valence-electron chi connectivity index (χ0n) is 43.7. The van der Waals surface area contributed by atoms with Gasteiger partial charge < -0.3 is 40.3 Å². The molecule has 394 valence electrons. The van der Waals surface area contributed by atoms with Crippen LogP contribution in [0.3, 0.4) is 0 Å². The normalized spacial score (nSPS) is 19.9. The molecule has 0 bridgehead atoms. The SMILES string of the molecule is CCCCCC/C=C/CC/C=C/CC/C=C/C(O)C(COC1OC(CO)C(O)C(O)C1O)NC(=O)CCCCCCCCCCCCCCCCCCCCCCCCCCCCCCCC. The van der Waals surface area contributed by atoms with Crippen molar-refractivity contribution in [2.75, 3.05) is 13.2 Å². The number of ether oxygens (including phenoxy) is 2. The molecule has 67 heavy (non-hydrogen) atoms. The van der Waals surface area contributed by atoms with Crippen molar-refractivity contribution >= 4 is 5.91 Å². The van der Waals surface area contributed by atoms with Gasteiger partial charge in [-0.3, -0.25) is 4.79 Å². The van der Waals surface area contributed by atoms with Crippen LogP contribution in [-0.4, -0.2) is 87.5 Å². The summed E-state index contributed by atoms with van der Waals surface area (Å²) in [6.07, 6.45) is 55.2. The zero-order chi connectivity index (χ0) is 48.7. The highest BCUT2D eigenvalue weighted by Crippen LogP contribution is 2.23. The van der Waals surface area contributed by atoms with E-state index in [0.717, 1.165) is 51.4 Å². The quantitative estimate of drug-likeness (QED) is 0.0261. The predicted octanol–water partition coefficient (Wildman–Crippen LogP) is 14.0. The third kappa shape index (κ3) is 37.9. The maximum absolute atomic E-state index is 13.0. The molecule has 1 heterocycles. The first-order valence-corrected chi connectivity index (χ1v) is 28.7. The fraction of sp³-hybridized carbons (Fsp3) is 0.879. The fourth-order valence-corrected chi connectivity index (χ4v) is 9.13. The zero-order valence-corrected chi connectivity index (χ0v) is 43.7. The first-order valence-electron chi connectivity index (χ1n) is 28.7. The largest absolute Gasteiger partial charge is 0.394 e. The van der Waals surface area contributed by atoms with Gasteiger partial charge in [0.1, 0.15) is 24.4 Å². The molecule has 7 atom stereocenters. The van der Waals surface area contributed by atoms with Gasteiger partial charge in [-0.1, -0.05) is 256 Å². The Morgan fingerprint density at radius 3 is 1.25 bits per heavy atom. The number of allylic oxidation sites excluding steroid dienone is 5. The Balaban J connectivity index is 2.15. The maximum atomic E-state index is 13.0. The topological polar surface area (TPSA) is 149 Å². The lowest BCUT2D eigenvalue weighted by molar-refractivity contribution is -0.302. The number of nitrogens with one attached hydrogen (secondary N) is 1. The summed E-state index contributed by atoms with van der Waals surface area (Å²) in [5.41, 5.74) is 0. The molecule has 0 saturated carbocycles. The summed E-state index contributed by atoms with van der Waals surface area (Å²) in [4.78, 5) is 13.0. The minimum absolute atomic E-state index is 0.187. The number of carbonyl (C=O) groups excluding carboxylic acids is 1. The Morgan fingerprint density at radius 1 is 0.493 bits per heavy atom.